The van der Waals surface area contributed by atoms with E-state index in [1.54, 1.807) is 12.1 Å². The van der Waals surface area contributed by atoms with E-state index in [1.165, 1.54) is 18.3 Å². The first kappa shape index (κ1) is 14.4. The minimum Gasteiger partial charge on any atom is -0.392 e. The summed E-state index contributed by atoms with van der Waals surface area (Å²) >= 11 is 3.19. The second-order valence-corrected chi connectivity index (χ2v) is 4.72. The minimum atomic E-state index is -0.539. The fourth-order valence-electron chi connectivity index (χ4n) is 1.57. The normalized spacial score (nSPS) is 10.2. The van der Waals surface area contributed by atoms with Gasteiger partial charge < -0.3 is 15.7 Å². The fourth-order valence-corrected chi connectivity index (χ4v) is 1.93. The molecular weight excluding hydrogens is 329 g/mol. The molecule has 0 saturated heterocycles. The average Bonchev–Trinajstić information content (AvgIpc) is 2.38. The number of aliphatic hydroxyl groups is 1. The van der Waals surface area contributed by atoms with Gasteiger partial charge in [-0.25, -0.2) is 14.2 Å². The molecule has 0 radical (unpaired) electrons. The first-order chi connectivity index (χ1) is 9.58. The van der Waals surface area contributed by atoms with Crippen molar-refractivity contribution >= 4 is 33.3 Å². The molecule has 3 N–H and O–H groups in total. The molecule has 0 fully saturated rings. The van der Waals surface area contributed by atoms with Crippen LogP contribution in [0, 0.1) is 5.82 Å². The van der Waals surface area contributed by atoms with E-state index in [9.17, 15) is 9.18 Å². The van der Waals surface area contributed by atoms with Crippen molar-refractivity contribution < 1.29 is 14.3 Å². The summed E-state index contributed by atoms with van der Waals surface area (Å²) in [6.07, 6.45) is 1.53. The zero-order valence-electron chi connectivity index (χ0n) is 10.2. The molecule has 0 atom stereocenters. The highest BCUT2D eigenvalue weighted by atomic mass is 79.9. The van der Waals surface area contributed by atoms with Gasteiger partial charge in [0.2, 0.25) is 0 Å². The van der Waals surface area contributed by atoms with Gasteiger partial charge in [0.25, 0.3) is 0 Å². The number of aliphatic hydroxyl groups excluding tert-OH is 1. The molecule has 5 nitrogen and oxygen atoms in total. The molecule has 7 heteroatoms. The summed E-state index contributed by atoms with van der Waals surface area (Å²) in [5, 5.41) is 14.2. The number of pyridine rings is 1. The summed E-state index contributed by atoms with van der Waals surface area (Å²) in [7, 11) is 0. The predicted molar refractivity (Wildman–Crippen MR) is 76.9 cm³/mol. The Hall–Kier alpha value is -1.99. The second-order valence-electron chi connectivity index (χ2n) is 3.91. The molecule has 0 bridgehead atoms. The van der Waals surface area contributed by atoms with Gasteiger partial charge in [-0.3, -0.25) is 0 Å². The molecule has 1 aromatic carbocycles. The first-order valence-electron chi connectivity index (χ1n) is 5.67. The number of urea groups is 1. The van der Waals surface area contributed by atoms with E-state index in [2.05, 4.69) is 31.5 Å². The molecule has 2 rings (SSSR count). The minimum absolute atomic E-state index is 0.220. The maximum Gasteiger partial charge on any atom is 0.323 e. The van der Waals surface area contributed by atoms with Crippen LogP contribution in [-0.4, -0.2) is 16.1 Å². The lowest BCUT2D eigenvalue weighted by Crippen LogP contribution is -2.20. The van der Waals surface area contributed by atoms with Crippen molar-refractivity contribution in [2.24, 2.45) is 0 Å². The fraction of sp³-hybridized carbons (Fsp3) is 0.0769. The van der Waals surface area contributed by atoms with Crippen LogP contribution in [0.2, 0.25) is 0 Å². The number of aromatic nitrogens is 1. The van der Waals surface area contributed by atoms with Crippen LogP contribution in [0.5, 0.6) is 0 Å². The van der Waals surface area contributed by atoms with Gasteiger partial charge in [0, 0.05) is 17.4 Å². The molecule has 104 valence electrons. The zero-order chi connectivity index (χ0) is 14.5. The lowest BCUT2D eigenvalue weighted by Gasteiger charge is -2.11. The SMILES string of the molecule is O=C(Nc1ccnc(Br)c1)Nc1cc(F)ccc1CO. The topological polar surface area (TPSA) is 74.2 Å². The Morgan fingerprint density at radius 3 is 2.80 bits per heavy atom. The number of nitrogens with one attached hydrogen (secondary N) is 2. The van der Waals surface area contributed by atoms with E-state index >= 15 is 0 Å². The molecule has 1 heterocycles. The summed E-state index contributed by atoms with van der Waals surface area (Å²) in [6, 6.07) is 6.47. The smallest absolute Gasteiger partial charge is 0.323 e. The van der Waals surface area contributed by atoms with Gasteiger partial charge in [-0.2, -0.15) is 0 Å². The van der Waals surface area contributed by atoms with E-state index in [0.717, 1.165) is 6.07 Å². The maximum atomic E-state index is 13.1. The Balaban J connectivity index is 2.10. The van der Waals surface area contributed by atoms with E-state index in [-0.39, 0.29) is 12.3 Å². The van der Waals surface area contributed by atoms with Gasteiger partial charge >= 0.3 is 6.03 Å². The molecule has 0 saturated carbocycles. The van der Waals surface area contributed by atoms with Crippen LogP contribution in [0.4, 0.5) is 20.6 Å². The van der Waals surface area contributed by atoms with Gasteiger partial charge in [-0.15, -0.1) is 0 Å². The second kappa shape index (κ2) is 6.44. The van der Waals surface area contributed by atoms with Crippen molar-refractivity contribution in [1.82, 2.24) is 4.98 Å². The number of carbonyl (C=O) groups is 1. The number of nitrogens with zero attached hydrogens (tertiary/aromatic N) is 1. The van der Waals surface area contributed by atoms with Crippen LogP contribution in [0.3, 0.4) is 0 Å². The molecule has 2 amide bonds. The molecule has 0 aliphatic rings. The molecule has 1 aromatic heterocycles. The Bertz CT molecular complexity index is 637. The van der Waals surface area contributed by atoms with Crippen molar-refractivity contribution in [3.05, 3.63) is 52.5 Å². The number of carbonyl (C=O) groups excluding carboxylic acids is 1. The molecule has 0 aliphatic heterocycles. The number of benzene rings is 1. The Morgan fingerprint density at radius 2 is 2.10 bits per heavy atom. The lowest BCUT2D eigenvalue weighted by molar-refractivity contribution is 0.262. The van der Waals surface area contributed by atoms with Crippen LogP contribution in [0.1, 0.15) is 5.56 Å². The van der Waals surface area contributed by atoms with Gasteiger partial charge in [-0.1, -0.05) is 6.07 Å². The number of amides is 2. The highest BCUT2D eigenvalue weighted by Crippen LogP contribution is 2.18. The van der Waals surface area contributed by atoms with Crippen molar-refractivity contribution in [2.45, 2.75) is 6.61 Å². The van der Waals surface area contributed by atoms with Gasteiger partial charge in [0.15, 0.2) is 0 Å². The monoisotopic (exact) mass is 339 g/mol. The van der Waals surface area contributed by atoms with Crippen LogP contribution in [0.15, 0.2) is 41.1 Å². The number of halogens is 2. The molecule has 20 heavy (non-hydrogen) atoms. The van der Waals surface area contributed by atoms with Gasteiger partial charge in [0.05, 0.1) is 12.3 Å². The third-order valence-electron chi connectivity index (χ3n) is 2.47. The van der Waals surface area contributed by atoms with E-state index < -0.39 is 11.8 Å². The predicted octanol–water partition coefficient (Wildman–Crippen LogP) is 3.12. The summed E-state index contributed by atoms with van der Waals surface area (Å²) in [6.45, 7) is -0.295. The molecular formula is C13H11BrFN3O2. The Morgan fingerprint density at radius 1 is 1.30 bits per heavy atom. The Kier molecular flexibility index (Phi) is 4.65. The van der Waals surface area contributed by atoms with Gasteiger partial charge in [0.1, 0.15) is 10.4 Å². The standard InChI is InChI=1S/C13H11BrFN3O2/c14-12-6-10(3-4-16-12)17-13(20)18-11-5-9(15)2-1-8(11)7-19/h1-6,19H,7H2,(H2,16,17,18,20). The van der Waals surface area contributed by atoms with Crippen LogP contribution in [-0.2, 0) is 6.61 Å². The maximum absolute atomic E-state index is 13.1. The number of hydrogen-bond donors (Lipinski definition) is 3. The number of rotatable bonds is 3. The Labute approximate surface area is 123 Å². The van der Waals surface area contributed by atoms with E-state index in [0.29, 0.717) is 15.9 Å². The lowest BCUT2D eigenvalue weighted by atomic mass is 10.2. The van der Waals surface area contributed by atoms with Crippen molar-refractivity contribution in [3.63, 3.8) is 0 Å². The highest BCUT2D eigenvalue weighted by molar-refractivity contribution is 9.10. The van der Waals surface area contributed by atoms with Crippen LogP contribution >= 0.6 is 15.9 Å². The number of hydrogen-bond acceptors (Lipinski definition) is 3. The average molecular weight is 340 g/mol. The first-order valence-corrected chi connectivity index (χ1v) is 6.46. The third kappa shape index (κ3) is 3.75. The largest absolute Gasteiger partial charge is 0.392 e. The van der Waals surface area contributed by atoms with E-state index in [4.69, 9.17) is 5.11 Å². The summed E-state index contributed by atoms with van der Waals surface area (Å²) in [5.74, 6) is -0.496. The van der Waals surface area contributed by atoms with Crippen LogP contribution < -0.4 is 10.6 Å². The molecule has 0 unspecified atom stereocenters. The molecule has 2 aromatic rings. The highest BCUT2D eigenvalue weighted by Gasteiger charge is 2.08. The van der Waals surface area contributed by atoms with E-state index in [1.807, 2.05) is 0 Å². The third-order valence-corrected chi connectivity index (χ3v) is 2.91. The van der Waals surface area contributed by atoms with Gasteiger partial charge in [-0.05, 0) is 40.2 Å². The van der Waals surface area contributed by atoms with Crippen molar-refractivity contribution in [1.29, 1.82) is 0 Å². The summed E-state index contributed by atoms with van der Waals surface area (Å²) in [5.41, 5.74) is 1.18. The van der Waals surface area contributed by atoms with Crippen molar-refractivity contribution in [3.8, 4) is 0 Å². The number of anilines is 2. The zero-order valence-corrected chi connectivity index (χ0v) is 11.8. The summed E-state index contributed by atoms with van der Waals surface area (Å²) in [4.78, 5) is 15.7. The summed E-state index contributed by atoms with van der Waals surface area (Å²) < 4.78 is 13.7. The molecule has 0 aliphatic carbocycles. The quantitative estimate of drug-likeness (QED) is 0.752. The molecule has 0 spiro atoms. The van der Waals surface area contributed by atoms with Crippen LogP contribution in [0.25, 0.3) is 0 Å². The van der Waals surface area contributed by atoms with Crippen molar-refractivity contribution in [2.75, 3.05) is 10.6 Å².